The van der Waals surface area contributed by atoms with E-state index in [1.165, 1.54) is 38.8 Å². The van der Waals surface area contributed by atoms with E-state index in [1.807, 2.05) is 0 Å². The number of piperidine rings is 1. The van der Waals surface area contributed by atoms with Gasteiger partial charge in [-0.25, -0.2) is 0 Å². The maximum atomic E-state index is 9.79. The maximum Gasteiger partial charge on any atom is 0.0613 e. The molecule has 1 aliphatic heterocycles. The highest BCUT2D eigenvalue weighted by molar-refractivity contribution is 4.97. The van der Waals surface area contributed by atoms with Crippen molar-refractivity contribution in [3.63, 3.8) is 0 Å². The van der Waals surface area contributed by atoms with Gasteiger partial charge in [0, 0.05) is 11.6 Å². The van der Waals surface area contributed by atoms with E-state index in [1.54, 1.807) is 0 Å². The Hall–Kier alpha value is -0.120. The molecule has 2 atom stereocenters. The Bertz CT molecular complexity index is 278. The van der Waals surface area contributed by atoms with Crippen molar-refractivity contribution >= 4 is 0 Å². The fraction of sp³-hybridized carbons (Fsp3) is 1.00. The molecule has 2 aliphatic rings. The van der Waals surface area contributed by atoms with Gasteiger partial charge in [-0.15, -0.1) is 0 Å². The number of rotatable bonds is 4. The Kier molecular flexibility index (Phi) is 4.91. The Balaban J connectivity index is 1.94. The molecule has 0 aromatic rings. The third kappa shape index (κ3) is 3.71. The van der Waals surface area contributed by atoms with Gasteiger partial charge in [0.1, 0.15) is 0 Å². The van der Waals surface area contributed by atoms with E-state index in [-0.39, 0.29) is 12.1 Å². The van der Waals surface area contributed by atoms with Gasteiger partial charge in [0.2, 0.25) is 0 Å². The van der Waals surface area contributed by atoms with E-state index >= 15 is 0 Å². The van der Waals surface area contributed by atoms with Gasteiger partial charge < -0.3 is 15.3 Å². The monoisotopic (exact) mass is 268 g/mol. The molecule has 3 nitrogen and oxygen atoms in total. The third-order valence-corrected chi connectivity index (χ3v) is 5.34. The first-order chi connectivity index (χ1) is 9.00. The molecule has 19 heavy (non-hydrogen) atoms. The van der Waals surface area contributed by atoms with Crippen LogP contribution in [0.3, 0.4) is 0 Å². The summed E-state index contributed by atoms with van der Waals surface area (Å²) in [6, 6.07) is 0.677. The van der Waals surface area contributed by atoms with Gasteiger partial charge in [-0.05, 0) is 63.6 Å². The molecule has 112 valence electrons. The van der Waals surface area contributed by atoms with Crippen LogP contribution in [0.2, 0.25) is 0 Å². The number of likely N-dealkylation sites (N-methyl/N-ethyl adjacent to an activating group) is 1. The molecule has 0 radical (unpaired) electrons. The molecule has 0 bridgehead atoms. The van der Waals surface area contributed by atoms with Crippen molar-refractivity contribution in [2.45, 2.75) is 70.9 Å². The molecule has 1 heterocycles. The smallest absolute Gasteiger partial charge is 0.0613 e. The highest BCUT2D eigenvalue weighted by Gasteiger charge is 2.38. The quantitative estimate of drug-likeness (QED) is 0.822. The van der Waals surface area contributed by atoms with Crippen LogP contribution in [-0.2, 0) is 0 Å². The maximum absolute atomic E-state index is 9.79. The van der Waals surface area contributed by atoms with Crippen molar-refractivity contribution in [1.29, 1.82) is 0 Å². The summed E-state index contributed by atoms with van der Waals surface area (Å²) >= 11 is 0. The summed E-state index contributed by atoms with van der Waals surface area (Å²) in [5.41, 5.74) is 0.519. The first-order valence-electron chi connectivity index (χ1n) is 8.10. The zero-order valence-electron chi connectivity index (χ0n) is 13.0. The lowest BCUT2D eigenvalue weighted by Crippen LogP contribution is -2.56. The van der Waals surface area contributed by atoms with Crippen LogP contribution in [0.5, 0.6) is 0 Å². The summed E-state index contributed by atoms with van der Waals surface area (Å²) in [5.74, 6) is 0. The number of likely N-dealkylation sites (tertiary alicyclic amines) is 1. The lowest BCUT2D eigenvalue weighted by atomic mass is 9.76. The zero-order chi connectivity index (χ0) is 13.9. The van der Waals surface area contributed by atoms with Gasteiger partial charge in [-0.3, -0.25) is 0 Å². The number of aliphatic hydroxyl groups is 1. The predicted molar refractivity (Wildman–Crippen MR) is 80.3 cm³/mol. The minimum absolute atomic E-state index is 0.00929. The number of hydrogen-bond donors (Lipinski definition) is 2. The predicted octanol–water partition coefficient (Wildman–Crippen LogP) is 2.39. The first-order valence-corrected chi connectivity index (χ1v) is 8.10. The van der Waals surface area contributed by atoms with Crippen molar-refractivity contribution in [1.82, 2.24) is 10.2 Å². The van der Waals surface area contributed by atoms with Crippen molar-refractivity contribution in [2.24, 2.45) is 5.41 Å². The van der Waals surface area contributed by atoms with Crippen LogP contribution in [0.1, 0.15) is 59.3 Å². The average molecular weight is 268 g/mol. The largest absolute Gasteiger partial charge is 0.394 e. The number of aliphatic hydroxyl groups excluding tert-OH is 1. The minimum atomic E-state index is -0.00929. The van der Waals surface area contributed by atoms with Crippen LogP contribution >= 0.6 is 0 Å². The van der Waals surface area contributed by atoms with Gasteiger partial charge in [0.05, 0.1) is 6.61 Å². The molecule has 3 heteroatoms. The molecule has 2 fully saturated rings. The summed E-state index contributed by atoms with van der Waals surface area (Å²) in [6.45, 7) is 10.7. The minimum Gasteiger partial charge on any atom is -0.394 e. The van der Waals surface area contributed by atoms with E-state index in [0.717, 1.165) is 19.4 Å². The Morgan fingerprint density at radius 3 is 2.47 bits per heavy atom. The number of hydrogen-bond acceptors (Lipinski definition) is 3. The highest BCUT2D eigenvalue weighted by Crippen LogP contribution is 2.36. The second-order valence-electron chi connectivity index (χ2n) is 7.42. The summed E-state index contributed by atoms with van der Waals surface area (Å²) in [5, 5.41) is 13.3. The number of nitrogens with one attached hydrogen (secondary N) is 1. The molecule has 0 spiro atoms. The molecular weight excluding hydrogens is 236 g/mol. The van der Waals surface area contributed by atoms with Crippen LogP contribution in [0.4, 0.5) is 0 Å². The number of nitrogens with zero attached hydrogens (tertiary/aromatic N) is 1. The molecule has 2 N–H and O–H groups in total. The van der Waals surface area contributed by atoms with Gasteiger partial charge >= 0.3 is 0 Å². The molecule has 2 rings (SSSR count). The molecule has 0 aromatic heterocycles. The summed E-state index contributed by atoms with van der Waals surface area (Å²) in [6.07, 6.45) is 7.45. The van der Waals surface area contributed by atoms with Crippen molar-refractivity contribution < 1.29 is 5.11 Å². The van der Waals surface area contributed by atoms with Crippen LogP contribution in [0.25, 0.3) is 0 Å². The molecule has 1 saturated heterocycles. The van der Waals surface area contributed by atoms with Gasteiger partial charge in [-0.1, -0.05) is 20.8 Å². The van der Waals surface area contributed by atoms with E-state index in [9.17, 15) is 5.11 Å². The Morgan fingerprint density at radius 1 is 1.21 bits per heavy atom. The first kappa shape index (κ1) is 15.3. The second-order valence-corrected chi connectivity index (χ2v) is 7.42. The molecule has 1 aliphatic carbocycles. The van der Waals surface area contributed by atoms with Crippen LogP contribution in [-0.4, -0.2) is 47.8 Å². The third-order valence-electron chi connectivity index (χ3n) is 5.34. The molecular formula is C16H32N2O. The normalized spacial score (nSPS) is 36.3. The van der Waals surface area contributed by atoms with Gasteiger partial charge in [0.25, 0.3) is 0 Å². The molecule has 0 aromatic carbocycles. The van der Waals surface area contributed by atoms with E-state index < -0.39 is 0 Å². The summed E-state index contributed by atoms with van der Waals surface area (Å²) in [7, 11) is 0. The average Bonchev–Trinajstić information content (AvgIpc) is 2.39. The summed E-state index contributed by atoms with van der Waals surface area (Å²) < 4.78 is 0. The molecule has 1 saturated carbocycles. The van der Waals surface area contributed by atoms with Gasteiger partial charge in [0.15, 0.2) is 0 Å². The van der Waals surface area contributed by atoms with Crippen LogP contribution < -0.4 is 5.32 Å². The fourth-order valence-corrected chi connectivity index (χ4v) is 3.87. The lowest BCUT2D eigenvalue weighted by Gasteiger charge is -2.47. The van der Waals surface area contributed by atoms with E-state index in [4.69, 9.17) is 0 Å². The van der Waals surface area contributed by atoms with Gasteiger partial charge in [-0.2, -0.15) is 0 Å². The molecule has 0 amide bonds. The standard InChI is InChI=1S/C16H32N2O/c1-4-17-16(13-19)7-5-6-14(12-16)18-10-8-15(2,3)9-11-18/h14,17,19H,4-13H2,1-3H3. The van der Waals surface area contributed by atoms with Crippen LogP contribution in [0.15, 0.2) is 0 Å². The summed E-state index contributed by atoms with van der Waals surface area (Å²) in [4.78, 5) is 2.69. The van der Waals surface area contributed by atoms with Crippen molar-refractivity contribution in [3.05, 3.63) is 0 Å². The highest BCUT2D eigenvalue weighted by atomic mass is 16.3. The second kappa shape index (κ2) is 6.11. The topological polar surface area (TPSA) is 35.5 Å². The SMILES string of the molecule is CCNC1(CO)CCCC(N2CCC(C)(C)CC2)C1. The van der Waals surface area contributed by atoms with E-state index in [0.29, 0.717) is 11.5 Å². The fourth-order valence-electron chi connectivity index (χ4n) is 3.87. The van der Waals surface area contributed by atoms with Crippen molar-refractivity contribution in [3.8, 4) is 0 Å². The molecule has 2 unspecified atom stereocenters. The van der Waals surface area contributed by atoms with E-state index in [2.05, 4.69) is 31.0 Å². The Labute approximate surface area is 118 Å². The zero-order valence-corrected chi connectivity index (χ0v) is 13.0. The lowest BCUT2D eigenvalue weighted by molar-refractivity contribution is 0.0307. The Morgan fingerprint density at radius 2 is 1.89 bits per heavy atom. The van der Waals surface area contributed by atoms with Crippen LogP contribution in [0, 0.1) is 5.41 Å². The van der Waals surface area contributed by atoms with Crippen molar-refractivity contribution in [2.75, 3.05) is 26.2 Å².